The van der Waals surface area contributed by atoms with E-state index in [1.807, 2.05) is 20.8 Å². The van der Waals surface area contributed by atoms with Gasteiger partial charge in [0, 0.05) is 19.2 Å². The summed E-state index contributed by atoms with van der Waals surface area (Å²) in [7, 11) is 1.81. The van der Waals surface area contributed by atoms with Crippen LogP contribution < -0.4 is 15.4 Å². The molecule has 2 N–H and O–H groups in total. The molecule has 0 radical (unpaired) electrons. The van der Waals surface area contributed by atoms with E-state index in [-0.39, 0.29) is 18.2 Å². The van der Waals surface area contributed by atoms with Crippen molar-refractivity contribution in [2.75, 3.05) is 12.4 Å². The fourth-order valence-corrected chi connectivity index (χ4v) is 2.51. The van der Waals surface area contributed by atoms with E-state index in [1.165, 1.54) is 6.33 Å². The Hall–Kier alpha value is -2.05. The van der Waals surface area contributed by atoms with Crippen LogP contribution in [0.4, 0.5) is 10.6 Å². The Morgan fingerprint density at radius 1 is 1.22 bits per heavy atom. The van der Waals surface area contributed by atoms with E-state index in [2.05, 4.69) is 20.6 Å². The Balaban J connectivity index is 1.76. The smallest absolute Gasteiger partial charge is 0.407 e. The summed E-state index contributed by atoms with van der Waals surface area (Å²) in [5, 5.41) is 5.89. The molecule has 0 aromatic carbocycles. The number of nitrogens with zero attached hydrogens (tertiary/aromatic N) is 2. The van der Waals surface area contributed by atoms with Crippen molar-refractivity contribution in [3.05, 3.63) is 12.4 Å². The molecule has 0 saturated heterocycles. The minimum atomic E-state index is -0.470. The van der Waals surface area contributed by atoms with Crippen LogP contribution >= 0.6 is 0 Å². The maximum atomic E-state index is 11.8. The zero-order valence-electron chi connectivity index (χ0n) is 14.3. The van der Waals surface area contributed by atoms with Gasteiger partial charge in [-0.15, -0.1) is 0 Å². The van der Waals surface area contributed by atoms with Crippen molar-refractivity contribution in [2.45, 2.75) is 64.2 Å². The lowest BCUT2D eigenvalue weighted by Crippen LogP contribution is -2.42. The molecule has 0 aliphatic heterocycles. The van der Waals surface area contributed by atoms with Crippen molar-refractivity contribution in [3.63, 3.8) is 0 Å². The first kappa shape index (κ1) is 17.3. The maximum Gasteiger partial charge on any atom is 0.407 e. The summed E-state index contributed by atoms with van der Waals surface area (Å²) in [6.45, 7) is 5.58. The first-order valence-corrected chi connectivity index (χ1v) is 8.01. The van der Waals surface area contributed by atoms with Gasteiger partial charge in [0.05, 0.1) is 0 Å². The molecular weight excluding hydrogens is 296 g/mol. The van der Waals surface area contributed by atoms with Gasteiger partial charge in [-0.25, -0.2) is 14.8 Å². The Morgan fingerprint density at radius 2 is 1.91 bits per heavy atom. The van der Waals surface area contributed by atoms with Crippen molar-refractivity contribution >= 4 is 11.9 Å². The molecule has 7 nitrogen and oxygen atoms in total. The van der Waals surface area contributed by atoms with Crippen molar-refractivity contribution in [3.8, 4) is 5.88 Å². The lowest BCUT2D eigenvalue weighted by molar-refractivity contribution is 0.0469. The molecule has 1 aliphatic rings. The van der Waals surface area contributed by atoms with Gasteiger partial charge in [0.15, 0.2) is 0 Å². The Labute approximate surface area is 137 Å². The highest BCUT2D eigenvalue weighted by atomic mass is 16.6. The van der Waals surface area contributed by atoms with Crippen molar-refractivity contribution in [2.24, 2.45) is 0 Å². The number of nitrogens with one attached hydrogen (secondary N) is 2. The van der Waals surface area contributed by atoms with Gasteiger partial charge in [0.25, 0.3) is 0 Å². The molecule has 2 rings (SSSR count). The van der Waals surface area contributed by atoms with Crippen LogP contribution in [0.3, 0.4) is 0 Å². The second-order valence-electron chi connectivity index (χ2n) is 6.73. The molecule has 1 aromatic rings. The summed E-state index contributed by atoms with van der Waals surface area (Å²) in [4.78, 5) is 20.0. The molecule has 128 valence electrons. The number of rotatable bonds is 4. The highest BCUT2D eigenvalue weighted by Gasteiger charge is 2.25. The molecule has 1 amide bonds. The van der Waals surface area contributed by atoms with Crippen LogP contribution in [0.5, 0.6) is 5.88 Å². The highest BCUT2D eigenvalue weighted by Crippen LogP contribution is 2.23. The SMILES string of the molecule is CNc1cc(O[C@H]2CC[C@H](NC(=O)OC(C)(C)C)CC2)ncn1. The standard InChI is InChI=1S/C16H26N4O3/c1-16(2,3)23-15(21)20-11-5-7-12(8-6-11)22-14-9-13(17-4)18-10-19-14/h9-12H,5-8H2,1-4H3,(H,20,21)(H,17,18,19)/t11-,12-. The van der Waals surface area contributed by atoms with Gasteiger partial charge >= 0.3 is 6.09 Å². The van der Waals surface area contributed by atoms with Gasteiger partial charge in [-0.3, -0.25) is 0 Å². The van der Waals surface area contributed by atoms with Crippen molar-refractivity contribution < 1.29 is 14.3 Å². The molecule has 1 aromatic heterocycles. The largest absolute Gasteiger partial charge is 0.474 e. The quantitative estimate of drug-likeness (QED) is 0.886. The zero-order valence-corrected chi connectivity index (χ0v) is 14.3. The zero-order chi connectivity index (χ0) is 16.9. The normalized spacial score (nSPS) is 21.4. The molecule has 0 bridgehead atoms. The monoisotopic (exact) mass is 322 g/mol. The molecule has 1 saturated carbocycles. The number of ether oxygens (including phenoxy) is 2. The molecule has 1 heterocycles. The third-order valence-corrected chi connectivity index (χ3v) is 3.58. The van der Waals surface area contributed by atoms with Crippen LogP contribution in [0.2, 0.25) is 0 Å². The van der Waals surface area contributed by atoms with Crippen LogP contribution in [-0.4, -0.2) is 40.9 Å². The highest BCUT2D eigenvalue weighted by molar-refractivity contribution is 5.68. The van der Waals surface area contributed by atoms with Gasteiger partial charge in [-0.05, 0) is 46.5 Å². The van der Waals surface area contributed by atoms with Crippen LogP contribution in [0.15, 0.2) is 12.4 Å². The van der Waals surface area contributed by atoms with E-state index < -0.39 is 5.60 Å². The van der Waals surface area contributed by atoms with Crippen LogP contribution in [0.25, 0.3) is 0 Å². The third kappa shape index (κ3) is 5.92. The second-order valence-corrected chi connectivity index (χ2v) is 6.73. The summed E-state index contributed by atoms with van der Waals surface area (Å²) in [6.07, 6.45) is 4.74. The predicted molar refractivity (Wildman–Crippen MR) is 87.6 cm³/mol. The Kier molecular flexibility index (Phi) is 5.63. The van der Waals surface area contributed by atoms with Gasteiger partial charge in [0.2, 0.25) is 5.88 Å². The summed E-state index contributed by atoms with van der Waals surface area (Å²) >= 11 is 0. The van der Waals surface area contributed by atoms with Crippen LogP contribution in [0, 0.1) is 0 Å². The topological polar surface area (TPSA) is 85.4 Å². The number of hydrogen-bond acceptors (Lipinski definition) is 6. The van der Waals surface area contributed by atoms with Gasteiger partial charge in [-0.1, -0.05) is 0 Å². The molecule has 1 fully saturated rings. The fourth-order valence-electron chi connectivity index (χ4n) is 2.51. The van der Waals surface area contributed by atoms with Crippen molar-refractivity contribution in [1.82, 2.24) is 15.3 Å². The number of carbonyl (C=O) groups excluding carboxylic acids is 1. The predicted octanol–water partition coefficient (Wildman–Crippen LogP) is 2.73. The number of hydrogen-bond donors (Lipinski definition) is 2. The van der Waals surface area contributed by atoms with E-state index in [0.717, 1.165) is 31.5 Å². The first-order chi connectivity index (χ1) is 10.9. The lowest BCUT2D eigenvalue weighted by Gasteiger charge is -2.30. The minimum absolute atomic E-state index is 0.117. The number of alkyl carbamates (subject to hydrolysis) is 1. The summed E-state index contributed by atoms with van der Waals surface area (Å²) < 4.78 is 11.2. The van der Waals surface area contributed by atoms with Crippen LogP contribution in [-0.2, 0) is 4.74 Å². The fraction of sp³-hybridized carbons (Fsp3) is 0.688. The van der Waals surface area contributed by atoms with E-state index in [9.17, 15) is 4.79 Å². The van der Waals surface area contributed by atoms with Gasteiger partial charge in [-0.2, -0.15) is 0 Å². The molecule has 1 aliphatic carbocycles. The maximum absolute atomic E-state index is 11.8. The van der Waals surface area contributed by atoms with Crippen LogP contribution in [0.1, 0.15) is 46.5 Å². The minimum Gasteiger partial charge on any atom is -0.474 e. The molecule has 7 heteroatoms. The summed E-state index contributed by atoms with van der Waals surface area (Å²) in [6, 6.07) is 1.92. The molecule has 23 heavy (non-hydrogen) atoms. The molecule has 0 unspecified atom stereocenters. The number of amides is 1. The number of carbonyl (C=O) groups is 1. The van der Waals surface area contributed by atoms with Gasteiger partial charge < -0.3 is 20.1 Å². The van der Waals surface area contributed by atoms with E-state index >= 15 is 0 Å². The molecule has 0 atom stereocenters. The number of anilines is 1. The Morgan fingerprint density at radius 3 is 2.52 bits per heavy atom. The summed E-state index contributed by atoms with van der Waals surface area (Å²) in [5.41, 5.74) is -0.470. The average molecular weight is 322 g/mol. The molecular formula is C16H26N4O3. The van der Waals surface area contributed by atoms with Gasteiger partial charge in [0.1, 0.15) is 23.9 Å². The molecule has 0 spiro atoms. The van der Waals surface area contributed by atoms with Crippen molar-refractivity contribution in [1.29, 1.82) is 0 Å². The first-order valence-electron chi connectivity index (χ1n) is 8.01. The Bertz CT molecular complexity index is 522. The second kappa shape index (κ2) is 7.48. The van der Waals surface area contributed by atoms with E-state index in [0.29, 0.717) is 5.88 Å². The third-order valence-electron chi connectivity index (χ3n) is 3.58. The lowest BCUT2D eigenvalue weighted by atomic mass is 9.93. The average Bonchev–Trinajstić information content (AvgIpc) is 2.47. The van der Waals surface area contributed by atoms with E-state index in [1.54, 1.807) is 13.1 Å². The van der Waals surface area contributed by atoms with E-state index in [4.69, 9.17) is 9.47 Å². The summed E-state index contributed by atoms with van der Waals surface area (Å²) in [5.74, 6) is 1.31. The number of aromatic nitrogens is 2.